The van der Waals surface area contributed by atoms with Crippen LogP contribution in [0.25, 0.3) is 0 Å². The van der Waals surface area contributed by atoms with E-state index in [0.29, 0.717) is 23.5 Å². The molecule has 0 aromatic heterocycles. The summed E-state index contributed by atoms with van der Waals surface area (Å²) in [5.74, 6) is 1.50. The first-order valence-corrected chi connectivity index (χ1v) is 8.41. The molecule has 3 atom stereocenters. The van der Waals surface area contributed by atoms with E-state index >= 15 is 0 Å². The molecule has 1 aliphatic carbocycles. The minimum Gasteiger partial charge on any atom is -0.496 e. The van der Waals surface area contributed by atoms with Crippen molar-refractivity contribution >= 4 is 17.5 Å². The first-order chi connectivity index (χ1) is 10.7. The Morgan fingerprint density at radius 1 is 1.41 bits per heavy atom. The van der Waals surface area contributed by atoms with Crippen molar-refractivity contribution in [2.24, 2.45) is 5.92 Å². The van der Waals surface area contributed by atoms with Crippen molar-refractivity contribution in [1.82, 2.24) is 10.6 Å². The number of nitrogens with one attached hydrogen (secondary N) is 2. The lowest BCUT2D eigenvalue weighted by Crippen LogP contribution is -2.42. The molecule has 2 fully saturated rings. The van der Waals surface area contributed by atoms with Gasteiger partial charge >= 0.3 is 0 Å². The van der Waals surface area contributed by atoms with Crippen LogP contribution in [0.15, 0.2) is 18.2 Å². The predicted molar refractivity (Wildman–Crippen MR) is 87.1 cm³/mol. The minimum atomic E-state index is -0.0571. The standard InChI is InChI=1S/C17H23ClN2O2/c1-22-16-7-6-13(18)8-12(16)10-19-17(21)15-9-11-4-2-3-5-14(11)20-15/h6-8,11,14-15,20H,2-5,9-10H2,1H3,(H,19,21). The molecule has 22 heavy (non-hydrogen) atoms. The van der Waals surface area contributed by atoms with Crippen molar-refractivity contribution in [3.8, 4) is 5.75 Å². The van der Waals surface area contributed by atoms with Gasteiger partial charge in [0.2, 0.25) is 5.91 Å². The highest BCUT2D eigenvalue weighted by molar-refractivity contribution is 6.30. The van der Waals surface area contributed by atoms with E-state index in [1.807, 2.05) is 12.1 Å². The smallest absolute Gasteiger partial charge is 0.237 e. The zero-order valence-corrected chi connectivity index (χ0v) is 13.7. The maximum Gasteiger partial charge on any atom is 0.237 e. The largest absolute Gasteiger partial charge is 0.496 e. The van der Waals surface area contributed by atoms with Crippen molar-refractivity contribution in [1.29, 1.82) is 0 Å². The maximum absolute atomic E-state index is 12.4. The second-order valence-corrected chi connectivity index (χ2v) is 6.72. The number of hydrogen-bond acceptors (Lipinski definition) is 3. The zero-order valence-electron chi connectivity index (χ0n) is 12.9. The minimum absolute atomic E-state index is 0.0571. The van der Waals surface area contributed by atoms with Crippen LogP contribution in [0, 0.1) is 5.92 Å². The highest BCUT2D eigenvalue weighted by Gasteiger charge is 2.38. The summed E-state index contributed by atoms with van der Waals surface area (Å²) in [4.78, 5) is 12.4. The third kappa shape index (κ3) is 3.39. The molecule has 3 unspecified atom stereocenters. The molecule has 2 N–H and O–H groups in total. The first-order valence-electron chi connectivity index (χ1n) is 8.03. The molecule has 1 aromatic carbocycles. The van der Waals surface area contributed by atoms with Crippen LogP contribution < -0.4 is 15.4 Å². The van der Waals surface area contributed by atoms with E-state index in [9.17, 15) is 4.79 Å². The van der Waals surface area contributed by atoms with Crippen molar-refractivity contribution in [3.05, 3.63) is 28.8 Å². The lowest BCUT2D eigenvalue weighted by Gasteiger charge is -2.24. The van der Waals surface area contributed by atoms with Gasteiger partial charge in [-0.1, -0.05) is 24.4 Å². The normalized spacial score (nSPS) is 27.3. The van der Waals surface area contributed by atoms with E-state index in [0.717, 1.165) is 17.7 Å². The van der Waals surface area contributed by atoms with Gasteiger partial charge in [-0.05, 0) is 43.4 Å². The molecule has 1 aliphatic heterocycles. The maximum atomic E-state index is 12.4. The highest BCUT2D eigenvalue weighted by atomic mass is 35.5. The first kappa shape index (κ1) is 15.6. The molecule has 1 amide bonds. The van der Waals surface area contributed by atoms with Crippen molar-refractivity contribution in [2.45, 2.75) is 50.7 Å². The van der Waals surface area contributed by atoms with E-state index < -0.39 is 0 Å². The molecule has 2 aliphatic rings. The molecule has 1 saturated heterocycles. The number of halogens is 1. The second kappa shape index (κ2) is 6.88. The summed E-state index contributed by atoms with van der Waals surface area (Å²) in [5, 5.41) is 7.16. The molecule has 0 radical (unpaired) electrons. The van der Waals surface area contributed by atoms with Gasteiger partial charge in [0, 0.05) is 23.2 Å². The summed E-state index contributed by atoms with van der Waals surface area (Å²) >= 11 is 6.02. The van der Waals surface area contributed by atoms with Crippen LogP contribution in [0.5, 0.6) is 5.75 Å². The number of rotatable bonds is 4. The van der Waals surface area contributed by atoms with Gasteiger partial charge in [0.1, 0.15) is 5.75 Å². The van der Waals surface area contributed by atoms with Crippen LogP contribution in [0.4, 0.5) is 0 Å². The molecule has 1 saturated carbocycles. The molecule has 5 heteroatoms. The Balaban J connectivity index is 1.57. The SMILES string of the molecule is COc1ccc(Cl)cc1CNC(=O)C1CC2CCCCC2N1. The number of carbonyl (C=O) groups excluding carboxylic acids is 1. The van der Waals surface area contributed by atoms with Crippen LogP contribution >= 0.6 is 11.6 Å². The lowest BCUT2D eigenvalue weighted by molar-refractivity contribution is -0.123. The fourth-order valence-corrected chi connectivity index (χ4v) is 3.91. The molecule has 4 nitrogen and oxygen atoms in total. The van der Waals surface area contributed by atoms with Gasteiger partial charge in [-0.25, -0.2) is 0 Å². The molecule has 120 valence electrons. The van der Waals surface area contributed by atoms with Crippen LogP contribution in [0.2, 0.25) is 5.02 Å². The van der Waals surface area contributed by atoms with Crippen LogP contribution in [0.3, 0.4) is 0 Å². The summed E-state index contributed by atoms with van der Waals surface area (Å²) in [6.07, 6.45) is 6.00. The average Bonchev–Trinajstić information content (AvgIpc) is 2.97. The van der Waals surface area contributed by atoms with Crippen LogP contribution in [-0.4, -0.2) is 25.1 Å². The Labute approximate surface area is 136 Å². The highest BCUT2D eigenvalue weighted by Crippen LogP contribution is 2.33. The van der Waals surface area contributed by atoms with Gasteiger partial charge < -0.3 is 15.4 Å². The Bertz CT molecular complexity index is 535. The van der Waals surface area contributed by atoms with Crippen LogP contribution in [0.1, 0.15) is 37.7 Å². The molecular weight excluding hydrogens is 300 g/mol. The number of ether oxygens (including phenoxy) is 1. The summed E-state index contributed by atoms with van der Waals surface area (Å²) in [7, 11) is 1.62. The fourth-order valence-electron chi connectivity index (χ4n) is 3.71. The van der Waals surface area contributed by atoms with Crippen LogP contribution in [-0.2, 0) is 11.3 Å². The summed E-state index contributed by atoms with van der Waals surface area (Å²) in [6, 6.07) is 5.92. The number of hydrogen-bond donors (Lipinski definition) is 2. The molecule has 1 aromatic rings. The molecular formula is C17H23ClN2O2. The summed E-state index contributed by atoms with van der Waals surface area (Å²) < 4.78 is 5.31. The monoisotopic (exact) mass is 322 g/mol. The summed E-state index contributed by atoms with van der Waals surface area (Å²) in [6.45, 7) is 0.441. The van der Waals surface area contributed by atoms with E-state index in [-0.39, 0.29) is 11.9 Å². The third-order valence-corrected chi connectivity index (χ3v) is 5.11. The zero-order chi connectivity index (χ0) is 15.5. The number of fused-ring (bicyclic) bond motifs is 1. The Kier molecular flexibility index (Phi) is 4.89. The van der Waals surface area contributed by atoms with E-state index in [1.54, 1.807) is 13.2 Å². The number of benzene rings is 1. The van der Waals surface area contributed by atoms with Crippen molar-refractivity contribution in [3.63, 3.8) is 0 Å². The number of methoxy groups -OCH3 is 1. The van der Waals surface area contributed by atoms with E-state index in [2.05, 4.69) is 10.6 Å². The molecule has 3 rings (SSSR count). The third-order valence-electron chi connectivity index (χ3n) is 4.87. The van der Waals surface area contributed by atoms with Crippen molar-refractivity contribution < 1.29 is 9.53 Å². The van der Waals surface area contributed by atoms with Gasteiger partial charge in [0.05, 0.1) is 13.2 Å². The number of carbonyl (C=O) groups is 1. The molecule has 0 spiro atoms. The quantitative estimate of drug-likeness (QED) is 0.896. The average molecular weight is 323 g/mol. The van der Waals surface area contributed by atoms with Gasteiger partial charge in [-0.3, -0.25) is 4.79 Å². The van der Waals surface area contributed by atoms with E-state index in [4.69, 9.17) is 16.3 Å². The van der Waals surface area contributed by atoms with Gasteiger partial charge in [-0.2, -0.15) is 0 Å². The topological polar surface area (TPSA) is 50.4 Å². The molecule has 1 heterocycles. The Morgan fingerprint density at radius 2 is 2.23 bits per heavy atom. The Hall–Kier alpha value is -1.26. The Morgan fingerprint density at radius 3 is 3.00 bits per heavy atom. The van der Waals surface area contributed by atoms with E-state index in [1.165, 1.54) is 25.7 Å². The van der Waals surface area contributed by atoms with Gasteiger partial charge in [-0.15, -0.1) is 0 Å². The second-order valence-electron chi connectivity index (χ2n) is 6.28. The predicted octanol–water partition coefficient (Wildman–Crippen LogP) is 2.89. The van der Waals surface area contributed by atoms with Gasteiger partial charge in [0.15, 0.2) is 0 Å². The van der Waals surface area contributed by atoms with Crippen molar-refractivity contribution in [2.75, 3.05) is 7.11 Å². The van der Waals surface area contributed by atoms with Gasteiger partial charge in [0.25, 0.3) is 0 Å². The molecule has 0 bridgehead atoms. The lowest BCUT2D eigenvalue weighted by atomic mass is 9.85. The fraction of sp³-hybridized carbons (Fsp3) is 0.588. The summed E-state index contributed by atoms with van der Waals surface area (Å²) in [5.41, 5.74) is 0.902. The number of amides is 1.